The molecular weight excluding hydrogens is 189 g/mol. The first-order valence-corrected chi connectivity index (χ1v) is 3.92. The van der Waals surface area contributed by atoms with E-state index in [1.165, 1.54) is 0 Å². The van der Waals surface area contributed by atoms with Crippen LogP contribution in [-0.2, 0) is 9.53 Å². The van der Waals surface area contributed by atoms with Gasteiger partial charge in [0.25, 0.3) is 0 Å². The van der Waals surface area contributed by atoms with E-state index < -0.39 is 11.8 Å². The van der Waals surface area contributed by atoms with E-state index in [0.717, 1.165) is 18.2 Å². The fourth-order valence-corrected chi connectivity index (χ4v) is 0.571. The molecule has 0 aliphatic heterocycles. The normalized spacial score (nSPS) is 11.1. The minimum atomic E-state index is -0.648. The Kier molecular flexibility index (Phi) is 6.81. The molecule has 0 N–H and O–H groups in total. The van der Waals surface area contributed by atoms with Gasteiger partial charge in [-0.2, -0.15) is 0 Å². The zero-order valence-corrected chi connectivity index (χ0v) is 7.68. The molecule has 0 aliphatic carbocycles. The second-order valence-electron chi connectivity index (χ2n) is 2.09. The van der Waals surface area contributed by atoms with Crippen molar-refractivity contribution in [1.82, 2.24) is 0 Å². The largest absolute Gasteiger partial charge is 0.463 e. The SMILES string of the molecule is CCOC(=O)/C=C/C(F)=C\CN=[N+]=[N-]. The van der Waals surface area contributed by atoms with E-state index in [0.29, 0.717) is 0 Å². The van der Waals surface area contributed by atoms with E-state index in [-0.39, 0.29) is 13.2 Å². The lowest BCUT2D eigenvalue weighted by Crippen LogP contribution is -1.98. The highest BCUT2D eigenvalue weighted by molar-refractivity contribution is 5.82. The molecule has 0 aromatic carbocycles. The van der Waals surface area contributed by atoms with E-state index in [9.17, 15) is 9.18 Å². The molecule has 0 heterocycles. The molecule has 6 heteroatoms. The van der Waals surface area contributed by atoms with Gasteiger partial charge in [0.1, 0.15) is 5.83 Å². The summed E-state index contributed by atoms with van der Waals surface area (Å²) < 4.78 is 17.2. The summed E-state index contributed by atoms with van der Waals surface area (Å²) >= 11 is 0. The lowest BCUT2D eigenvalue weighted by molar-refractivity contribution is -0.137. The van der Waals surface area contributed by atoms with Crippen molar-refractivity contribution in [3.63, 3.8) is 0 Å². The quantitative estimate of drug-likeness (QED) is 0.170. The van der Waals surface area contributed by atoms with Crippen molar-refractivity contribution >= 4 is 5.97 Å². The molecule has 0 spiro atoms. The van der Waals surface area contributed by atoms with Crippen LogP contribution < -0.4 is 0 Å². The number of azide groups is 1. The summed E-state index contributed by atoms with van der Waals surface area (Å²) in [5, 5.41) is 3.09. The molecule has 0 unspecified atom stereocenters. The highest BCUT2D eigenvalue weighted by Crippen LogP contribution is 1.98. The first kappa shape index (κ1) is 12.2. The molecule has 0 radical (unpaired) electrons. The number of hydrogen-bond acceptors (Lipinski definition) is 3. The van der Waals surface area contributed by atoms with Crippen LogP contribution >= 0.6 is 0 Å². The molecule has 0 atom stereocenters. The van der Waals surface area contributed by atoms with Gasteiger partial charge in [0.2, 0.25) is 0 Å². The lowest BCUT2D eigenvalue weighted by Gasteiger charge is -1.93. The van der Waals surface area contributed by atoms with Crippen LogP contribution in [0, 0.1) is 0 Å². The highest BCUT2D eigenvalue weighted by atomic mass is 19.1. The number of ether oxygens (including phenoxy) is 1. The van der Waals surface area contributed by atoms with E-state index in [1.54, 1.807) is 6.92 Å². The van der Waals surface area contributed by atoms with Gasteiger partial charge in [-0.25, -0.2) is 9.18 Å². The van der Waals surface area contributed by atoms with E-state index in [4.69, 9.17) is 5.53 Å². The Hall–Kier alpha value is -1.81. The number of carbonyl (C=O) groups excluding carboxylic acids is 1. The van der Waals surface area contributed by atoms with Gasteiger partial charge in [-0.05, 0) is 24.6 Å². The van der Waals surface area contributed by atoms with Crippen LogP contribution in [0.4, 0.5) is 4.39 Å². The zero-order chi connectivity index (χ0) is 10.8. The summed E-state index contributed by atoms with van der Waals surface area (Å²) in [5.41, 5.74) is 7.88. The number of nitrogens with zero attached hydrogens (tertiary/aromatic N) is 3. The van der Waals surface area contributed by atoms with Crippen LogP contribution in [-0.4, -0.2) is 19.1 Å². The molecule has 0 saturated heterocycles. The third-order valence-corrected chi connectivity index (χ3v) is 1.10. The van der Waals surface area contributed by atoms with Gasteiger partial charge in [-0.1, -0.05) is 5.11 Å². The average molecular weight is 199 g/mol. The summed E-state index contributed by atoms with van der Waals surface area (Å²) in [6, 6.07) is 0. The van der Waals surface area contributed by atoms with Crippen LogP contribution in [0.5, 0.6) is 0 Å². The van der Waals surface area contributed by atoms with Gasteiger partial charge >= 0.3 is 5.97 Å². The first-order chi connectivity index (χ1) is 6.70. The Bertz CT molecular complexity index is 293. The van der Waals surface area contributed by atoms with Crippen LogP contribution in [0.25, 0.3) is 10.4 Å². The fourth-order valence-electron chi connectivity index (χ4n) is 0.571. The molecule has 0 aromatic heterocycles. The van der Waals surface area contributed by atoms with Crippen LogP contribution in [0.1, 0.15) is 6.92 Å². The minimum absolute atomic E-state index is 0.0878. The molecule has 14 heavy (non-hydrogen) atoms. The third kappa shape index (κ3) is 6.87. The van der Waals surface area contributed by atoms with Crippen molar-refractivity contribution in [3.05, 3.63) is 34.5 Å². The summed E-state index contributed by atoms with van der Waals surface area (Å²) in [5.74, 6) is -1.26. The van der Waals surface area contributed by atoms with Crippen molar-refractivity contribution in [1.29, 1.82) is 0 Å². The molecule has 0 aliphatic rings. The van der Waals surface area contributed by atoms with Crippen molar-refractivity contribution in [2.24, 2.45) is 5.11 Å². The number of halogens is 1. The molecule has 0 saturated carbocycles. The topological polar surface area (TPSA) is 75.1 Å². The summed E-state index contributed by atoms with van der Waals surface area (Å²) in [6.07, 6.45) is 2.96. The van der Waals surface area contributed by atoms with Gasteiger partial charge in [-0.15, -0.1) is 0 Å². The summed E-state index contributed by atoms with van der Waals surface area (Å²) in [6.45, 7) is 1.81. The van der Waals surface area contributed by atoms with Crippen molar-refractivity contribution in [3.8, 4) is 0 Å². The Morgan fingerprint density at radius 3 is 2.93 bits per heavy atom. The predicted molar refractivity (Wildman–Crippen MR) is 49.0 cm³/mol. The van der Waals surface area contributed by atoms with E-state index in [2.05, 4.69) is 14.8 Å². The third-order valence-electron chi connectivity index (χ3n) is 1.10. The van der Waals surface area contributed by atoms with Gasteiger partial charge in [-0.3, -0.25) is 0 Å². The maximum Gasteiger partial charge on any atom is 0.330 e. The van der Waals surface area contributed by atoms with Crippen LogP contribution in [0.15, 0.2) is 29.2 Å². The molecule has 0 rings (SSSR count). The smallest absolute Gasteiger partial charge is 0.330 e. The molecule has 0 bridgehead atoms. The minimum Gasteiger partial charge on any atom is -0.463 e. The van der Waals surface area contributed by atoms with Crippen molar-refractivity contribution < 1.29 is 13.9 Å². The summed E-state index contributed by atoms with van der Waals surface area (Å²) in [4.78, 5) is 13.1. The first-order valence-electron chi connectivity index (χ1n) is 3.92. The van der Waals surface area contributed by atoms with Crippen LogP contribution in [0.3, 0.4) is 0 Å². The average Bonchev–Trinajstić information content (AvgIpc) is 2.16. The molecule has 0 amide bonds. The maximum atomic E-state index is 12.7. The van der Waals surface area contributed by atoms with Gasteiger partial charge < -0.3 is 4.74 Å². The van der Waals surface area contributed by atoms with Gasteiger partial charge in [0, 0.05) is 17.5 Å². The predicted octanol–water partition coefficient (Wildman–Crippen LogP) is 2.27. The Morgan fingerprint density at radius 2 is 2.36 bits per heavy atom. The molecule has 0 aromatic rings. The number of carbonyl (C=O) groups is 1. The second kappa shape index (κ2) is 7.82. The number of hydrogen-bond donors (Lipinski definition) is 0. The Labute approximate surface area is 80.5 Å². The van der Waals surface area contributed by atoms with E-state index >= 15 is 0 Å². The monoisotopic (exact) mass is 199 g/mol. The van der Waals surface area contributed by atoms with Gasteiger partial charge in [0.05, 0.1) is 6.61 Å². The van der Waals surface area contributed by atoms with Crippen molar-refractivity contribution in [2.45, 2.75) is 6.92 Å². The fraction of sp³-hybridized carbons (Fsp3) is 0.375. The number of esters is 1. The number of rotatable bonds is 5. The standard InChI is InChI=1S/C8H10FN3O2/c1-2-14-8(13)4-3-7(9)5-6-11-12-10/h3-5H,2,6H2,1H3/b4-3+,7-5+. The Balaban J connectivity index is 4.02. The summed E-state index contributed by atoms with van der Waals surface area (Å²) in [7, 11) is 0. The highest BCUT2D eigenvalue weighted by Gasteiger charge is 1.93. The molecule has 76 valence electrons. The molecule has 5 nitrogen and oxygen atoms in total. The number of allylic oxidation sites excluding steroid dienone is 2. The second-order valence-corrected chi connectivity index (χ2v) is 2.09. The zero-order valence-electron chi connectivity index (χ0n) is 7.68. The van der Waals surface area contributed by atoms with Gasteiger partial charge in [0.15, 0.2) is 0 Å². The van der Waals surface area contributed by atoms with E-state index in [1.807, 2.05) is 0 Å². The molecule has 0 fully saturated rings. The van der Waals surface area contributed by atoms with Crippen molar-refractivity contribution in [2.75, 3.05) is 13.2 Å². The van der Waals surface area contributed by atoms with Crippen LogP contribution in [0.2, 0.25) is 0 Å². The maximum absolute atomic E-state index is 12.7. The molecular formula is C8H10FN3O2. The Morgan fingerprint density at radius 1 is 1.64 bits per heavy atom. The lowest BCUT2D eigenvalue weighted by atomic mass is 10.4.